The summed E-state index contributed by atoms with van der Waals surface area (Å²) in [6, 6.07) is 27.6. The van der Waals surface area contributed by atoms with Crippen molar-refractivity contribution in [1.82, 2.24) is 0 Å². The summed E-state index contributed by atoms with van der Waals surface area (Å²) in [6.07, 6.45) is 7.14. The number of rotatable bonds is 18. The van der Waals surface area contributed by atoms with Crippen LogP contribution in [-0.4, -0.2) is 43.7 Å². The third-order valence-corrected chi connectivity index (χ3v) is 7.92. The van der Waals surface area contributed by atoms with Gasteiger partial charge in [0.05, 0.1) is 36.9 Å². The number of carbonyl (C=O) groups is 4. The van der Waals surface area contributed by atoms with E-state index in [1.165, 1.54) is 30.3 Å². The van der Waals surface area contributed by atoms with Gasteiger partial charge in [-0.1, -0.05) is 63.6 Å². The largest absolute Gasteiger partial charge is 0.494 e. The third-order valence-electron chi connectivity index (χ3n) is 7.92. The molecule has 0 N–H and O–H groups in total. The summed E-state index contributed by atoms with van der Waals surface area (Å²) < 4.78 is 27.1. The van der Waals surface area contributed by atoms with E-state index >= 15 is 0 Å². The average molecular weight is 693 g/mol. The Labute approximate surface area is 299 Å². The van der Waals surface area contributed by atoms with Crippen molar-refractivity contribution in [1.29, 1.82) is 0 Å². The molecule has 9 heteroatoms. The van der Waals surface area contributed by atoms with Crippen LogP contribution in [0.2, 0.25) is 0 Å². The maximum atomic E-state index is 12.8. The predicted octanol–water partition coefficient (Wildman–Crippen LogP) is 8.90. The number of esters is 4. The maximum Gasteiger partial charge on any atom is 0.343 e. The molecule has 266 valence electrons. The molecular weight excluding hydrogens is 648 g/mol. The molecule has 9 nitrogen and oxygen atoms in total. The maximum absolute atomic E-state index is 12.8. The first-order valence-electron chi connectivity index (χ1n) is 17.2. The fraction of sp³-hybridized carbons (Fsp3) is 0.286. The van der Waals surface area contributed by atoms with Crippen LogP contribution in [-0.2, 0) is 19.1 Å². The molecule has 0 amide bonds. The molecule has 0 heterocycles. The fourth-order valence-electron chi connectivity index (χ4n) is 4.59. The van der Waals surface area contributed by atoms with E-state index in [0.717, 1.165) is 42.4 Å². The summed E-state index contributed by atoms with van der Waals surface area (Å²) >= 11 is 0. The topological polar surface area (TPSA) is 114 Å². The van der Waals surface area contributed by atoms with Crippen molar-refractivity contribution in [2.24, 2.45) is 5.92 Å². The lowest BCUT2D eigenvalue weighted by Gasteiger charge is -2.10. The standard InChI is InChI=1S/C42H44O9/c1-4-6-27-48-39(43)26-11-31-9-12-32(13-10-31)33-14-22-37(23-15-33)50-42(46)35-18-24-38(25-19-35)51-41(45)34-16-20-36(21-17-34)47-28-7-8-29-49-40(44)30(3)5-2/h9-26,30H,4-8,27-29H2,1-3H3/b26-11+. The second kappa shape index (κ2) is 20.1. The lowest BCUT2D eigenvalue weighted by molar-refractivity contribution is -0.148. The highest BCUT2D eigenvalue weighted by atomic mass is 16.5. The lowest BCUT2D eigenvalue weighted by Crippen LogP contribution is -2.15. The molecule has 4 rings (SSSR count). The van der Waals surface area contributed by atoms with Crippen LogP contribution in [0.15, 0.2) is 103 Å². The first-order valence-corrected chi connectivity index (χ1v) is 17.2. The van der Waals surface area contributed by atoms with Crippen LogP contribution in [0.5, 0.6) is 17.2 Å². The molecule has 0 fully saturated rings. The van der Waals surface area contributed by atoms with Gasteiger partial charge in [-0.25, -0.2) is 14.4 Å². The molecule has 4 aromatic rings. The molecule has 0 aliphatic carbocycles. The van der Waals surface area contributed by atoms with Crippen molar-refractivity contribution in [3.8, 4) is 28.4 Å². The van der Waals surface area contributed by atoms with E-state index in [2.05, 4.69) is 0 Å². The van der Waals surface area contributed by atoms with E-state index in [1.54, 1.807) is 42.5 Å². The van der Waals surface area contributed by atoms with E-state index in [4.69, 9.17) is 23.7 Å². The van der Waals surface area contributed by atoms with Crippen LogP contribution in [0.25, 0.3) is 17.2 Å². The van der Waals surface area contributed by atoms with Crippen molar-refractivity contribution < 1.29 is 42.9 Å². The molecule has 0 aliphatic heterocycles. The van der Waals surface area contributed by atoms with Gasteiger partial charge in [-0.3, -0.25) is 4.79 Å². The normalized spacial score (nSPS) is 11.4. The van der Waals surface area contributed by atoms with Crippen LogP contribution in [0, 0.1) is 5.92 Å². The first kappa shape index (κ1) is 38.1. The van der Waals surface area contributed by atoms with Gasteiger partial charge in [0.15, 0.2) is 0 Å². The number of unbranched alkanes of at least 4 members (excludes halogenated alkanes) is 2. The zero-order valence-corrected chi connectivity index (χ0v) is 29.3. The Morgan fingerprint density at radius 1 is 0.588 bits per heavy atom. The number of hydrogen-bond acceptors (Lipinski definition) is 9. The molecule has 4 aromatic carbocycles. The van der Waals surface area contributed by atoms with Crippen LogP contribution in [0.3, 0.4) is 0 Å². The van der Waals surface area contributed by atoms with Gasteiger partial charge in [0.1, 0.15) is 17.2 Å². The summed E-state index contributed by atoms with van der Waals surface area (Å²) in [4.78, 5) is 48.9. The van der Waals surface area contributed by atoms with Crippen LogP contribution < -0.4 is 14.2 Å². The Hall–Kier alpha value is -5.70. The summed E-state index contributed by atoms with van der Waals surface area (Å²) in [5.74, 6) is -0.437. The Balaban J connectivity index is 1.19. The number of carbonyl (C=O) groups excluding carboxylic acids is 4. The Kier molecular flexibility index (Phi) is 15.0. The van der Waals surface area contributed by atoms with Gasteiger partial charge in [0.2, 0.25) is 0 Å². The summed E-state index contributed by atoms with van der Waals surface area (Å²) in [6.45, 7) is 7.09. The summed E-state index contributed by atoms with van der Waals surface area (Å²) in [5, 5.41) is 0. The van der Waals surface area contributed by atoms with Gasteiger partial charge >= 0.3 is 23.9 Å². The summed E-state index contributed by atoms with van der Waals surface area (Å²) in [5.41, 5.74) is 3.42. The zero-order chi connectivity index (χ0) is 36.4. The highest BCUT2D eigenvalue weighted by molar-refractivity contribution is 5.93. The smallest absolute Gasteiger partial charge is 0.343 e. The molecule has 0 aliphatic rings. The van der Waals surface area contributed by atoms with Crippen LogP contribution in [0.1, 0.15) is 79.2 Å². The van der Waals surface area contributed by atoms with E-state index in [-0.39, 0.29) is 23.6 Å². The van der Waals surface area contributed by atoms with Crippen molar-refractivity contribution >= 4 is 30.0 Å². The molecule has 0 radical (unpaired) electrons. The number of benzene rings is 4. The molecule has 0 aromatic heterocycles. The van der Waals surface area contributed by atoms with Gasteiger partial charge < -0.3 is 23.7 Å². The Morgan fingerprint density at radius 2 is 1.08 bits per heavy atom. The van der Waals surface area contributed by atoms with E-state index < -0.39 is 11.9 Å². The Bertz CT molecular complexity index is 1740. The molecule has 0 saturated heterocycles. The van der Waals surface area contributed by atoms with Crippen molar-refractivity contribution in [3.63, 3.8) is 0 Å². The lowest BCUT2D eigenvalue weighted by atomic mass is 10.0. The van der Waals surface area contributed by atoms with Gasteiger partial charge in [-0.2, -0.15) is 0 Å². The number of hydrogen-bond donors (Lipinski definition) is 0. The van der Waals surface area contributed by atoms with E-state index in [0.29, 0.717) is 48.9 Å². The molecular formula is C42H44O9. The highest BCUT2D eigenvalue weighted by Gasteiger charge is 2.13. The molecule has 0 bridgehead atoms. The minimum atomic E-state index is -0.548. The van der Waals surface area contributed by atoms with Crippen LogP contribution >= 0.6 is 0 Å². The summed E-state index contributed by atoms with van der Waals surface area (Å²) in [7, 11) is 0. The zero-order valence-electron chi connectivity index (χ0n) is 29.3. The third kappa shape index (κ3) is 12.6. The van der Waals surface area contributed by atoms with Gasteiger partial charge in [0.25, 0.3) is 0 Å². The van der Waals surface area contributed by atoms with Gasteiger partial charge in [-0.05, 0) is 109 Å². The van der Waals surface area contributed by atoms with E-state index in [9.17, 15) is 19.2 Å². The van der Waals surface area contributed by atoms with Crippen molar-refractivity contribution in [2.75, 3.05) is 19.8 Å². The van der Waals surface area contributed by atoms with E-state index in [1.807, 2.05) is 57.2 Å². The highest BCUT2D eigenvalue weighted by Crippen LogP contribution is 2.24. The van der Waals surface area contributed by atoms with Crippen molar-refractivity contribution in [3.05, 3.63) is 120 Å². The first-order chi connectivity index (χ1) is 24.7. The molecule has 51 heavy (non-hydrogen) atoms. The predicted molar refractivity (Wildman–Crippen MR) is 195 cm³/mol. The minimum Gasteiger partial charge on any atom is -0.494 e. The molecule has 1 unspecified atom stereocenters. The minimum absolute atomic E-state index is 0.0892. The molecule has 0 saturated carbocycles. The SMILES string of the molecule is CCCCOC(=O)/C=C/c1ccc(-c2ccc(OC(=O)c3ccc(OC(=O)c4ccc(OCCCCOC(=O)C(C)CC)cc4)cc3)cc2)cc1. The fourth-order valence-corrected chi connectivity index (χ4v) is 4.59. The Morgan fingerprint density at radius 3 is 1.63 bits per heavy atom. The molecule has 0 spiro atoms. The second-order valence-electron chi connectivity index (χ2n) is 11.9. The van der Waals surface area contributed by atoms with Crippen LogP contribution in [0.4, 0.5) is 0 Å². The number of ether oxygens (including phenoxy) is 5. The molecule has 1 atom stereocenters. The van der Waals surface area contributed by atoms with Gasteiger partial charge in [-0.15, -0.1) is 0 Å². The average Bonchev–Trinajstić information content (AvgIpc) is 3.16. The van der Waals surface area contributed by atoms with Crippen molar-refractivity contribution in [2.45, 2.75) is 52.9 Å². The van der Waals surface area contributed by atoms with Gasteiger partial charge in [0, 0.05) is 6.08 Å². The second-order valence-corrected chi connectivity index (χ2v) is 11.9. The quantitative estimate of drug-likeness (QED) is 0.0436. The monoisotopic (exact) mass is 692 g/mol.